The summed E-state index contributed by atoms with van der Waals surface area (Å²) in [5, 5.41) is 0. The highest BCUT2D eigenvalue weighted by atomic mass is 32.2. The van der Waals surface area contributed by atoms with Gasteiger partial charge in [-0.25, -0.2) is 9.59 Å². The van der Waals surface area contributed by atoms with Gasteiger partial charge < -0.3 is 9.47 Å². The highest BCUT2D eigenvalue weighted by molar-refractivity contribution is 7.86. The monoisotopic (exact) mass is 690 g/mol. The van der Waals surface area contributed by atoms with Crippen molar-refractivity contribution in [2.75, 3.05) is 13.2 Å². The molecule has 7 nitrogen and oxygen atoms in total. The number of allylic oxidation sites excluding steroid dienone is 4. The third kappa shape index (κ3) is 22.2. The molecular formula is C40H66O7S. The summed E-state index contributed by atoms with van der Waals surface area (Å²) in [5.74, 6) is -1.75. The second-order valence-corrected chi connectivity index (χ2v) is 14.3. The molecule has 0 unspecified atom stereocenters. The lowest BCUT2D eigenvalue weighted by Gasteiger charge is -2.13. The van der Waals surface area contributed by atoms with Gasteiger partial charge in [-0.15, -0.1) is 0 Å². The lowest BCUT2D eigenvalue weighted by atomic mass is 10.1. The summed E-state index contributed by atoms with van der Waals surface area (Å²) >= 11 is 0. The Morgan fingerprint density at radius 1 is 0.562 bits per heavy atom. The lowest BCUT2D eigenvalue weighted by molar-refractivity contribution is 0.0446. The van der Waals surface area contributed by atoms with Crippen molar-refractivity contribution in [2.45, 2.75) is 173 Å². The molecule has 0 spiro atoms. The summed E-state index contributed by atoms with van der Waals surface area (Å²) in [6, 6.07) is 3.73. The SMILES string of the molecule is CCCC/C=C/CCCCCCCCCCOC(=O)c1cccc(S(=O)(=O)O)c1C(=O)OCCCCCCCCCC/C=C/CCCC. The molecule has 0 aliphatic carbocycles. The van der Waals surface area contributed by atoms with Gasteiger partial charge in [0.15, 0.2) is 0 Å². The average molecular weight is 691 g/mol. The highest BCUT2D eigenvalue weighted by Gasteiger charge is 2.28. The quantitative estimate of drug-likeness (QED) is 0.0357. The smallest absolute Gasteiger partial charge is 0.340 e. The molecule has 1 aromatic carbocycles. The van der Waals surface area contributed by atoms with Crippen LogP contribution in [-0.4, -0.2) is 38.1 Å². The second kappa shape index (κ2) is 29.5. The van der Waals surface area contributed by atoms with Crippen molar-refractivity contribution in [1.82, 2.24) is 0 Å². The van der Waals surface area contributed by atoms with Crippen LogP contribution >= 0.6 is 0 Å². The first-order chi connectivity index (χ1) is 23.3. The van der Waals surface area contributed by atoms with Crippen LogP contribution in [-0.2, 0) is 19.6 Å². The van der Waals surface area contributed by atoms with Gasteiger partial charge >= 0.3 is 11.9 Å². The molecule has 1 rings (SSSR count). The van der Waals surface area contributed by atoms with Crippen LogP contribution in [0, 0.1) is 0 Å². The lowest BCUT2D eigenvalue weighted by Crippen LogP contribution is -2.19. The zero-order chi connectivity index (χ0) is 35.1. The van der Waals surface area contributed by atoms with Crippen molar-refractivity contribution >= 4 is 22.1 Å². The maximum Gasteiger partial charge on any atom is 0.340 e. The molecule has 1 aromatic rings. The summed E-state index contributed by atoms with van der Waals surface area (Å²) in [6.45, 7) is 4.70. The first kappa shape index (κ1) is 43.6. The largest absolute Gasteiger partial charge is 0.462 e. The fourth-order valence-corrected chi connectivity index (χ4v) is 6.27. The summed E-state index contributed by atoms with van der Waals surface area (Å²) in [4.78, 5) is 25.2. The van der Waals surface area contributed by atoms with Crippen molar-refractivity contribution in [1.29, 1.82) is 0 Å². The predicted octanol–water partition coefficient (Wildman–Crippen LogP) is 11.8. The topological polar surface area (TPSA) is 107 Å². The molecular weight excluding hydrogens is 624 g/mol. The Morgan fingerprint density at radius 2 is 0.938 bits per heavy atom. The van der Waals surface area contributed by atoms with Gasteiger partial charge in [0.2, 0.25) is 0 Å². The van der Waals surface area contributed by atoms with Crippen LogP contribution in [0.4, 0.5) is 0 Å². The van der Waals surface area contributed by atoms with E-state index in [9.17, 15) is 22.6 Å². The molecule has 0 saturated heterocycles. The Hall–Kier alpha value is -2.45. The molecule has 0 bridgehead atoms. The van der Waals surface area contributed by atoms with E-state index in [-0.39, 0.29) is 18.8 Å². The molecule has 274 valence electrons. The van der Waals surface area contributed by atoms with Crippen LogP contribution in [0.2, 0.25) is 0 Å². The van der Waals surface area contributed by atoms with E-state index in [1.165, 1.54) is 108 Å². The van der Waals surface area contributed by atoms with Gasteiger partial charge in [-0.2, -0.15) is 8.42 Å². The minimum absolute atomic E-state index is 0.105. The molecule has 0 radical (unpaired) electrons. The number of ether oxygens (including phenoxy) is 2. The molecule has 0 aliphatic rings. The Balaban J connectivity index is 2.33. The summed E-state index contributed by atoms with van der Waals surface area (Å²) in [6.07, 6.45) is 36.2. The summed E-state index contributed by atoms with van der Waals surface area (Å²) in [5.41, 5.74) is -0.687. The Morgan fingerprint density at radius 3 is 1.35 bits per heavy atom. The first-order valence-corrected chi connectivity index (χ1v) is 20.5. The van der Waals surface area contributed by atoms with Crippen molar-refractivity contribution in [3.8, 4) is 0 Å². The van der Waals surface area contributed by atoms with E-state index in [1.54, 1.807) is 0 Å². The Bertz CT molecular complexity index is 1140. The Kier molecular flexibility index (Phi) is 26.7. The van der Waals surface area contributed by atoms with Gasteiger partial charge in [0.1, 0.15) is 4.90 Å². The molecule has 0 amide bonds. The number of unbranched alkanes of at least 4 members (excludes halogenated alkanes) is 20. The van der Waals surface area contributed by atoms with Gasteiger partial charge in [0, 0.05) is 0 Å². The fourth-order valence-electron chi connectivity index (χ4n) is 5.57. The van der Waals surface area contributed by atoms with E-state index >= 15 is 0 Å². The molecule has 1 N–H and O–H groups in total. The van der Waals surface area contributed by atoms with Crippen molar-refractivity contribution in [2.24, 2.45) is 0 Å². The first-order valence-electron chi connectivity index (χ1n) is 19.1. The number of esters is 2. The summed E-state index contributed by atoms with van der Waals surface area (Å²) < 4.78 is 44.6. The van der Waals surface area contributed by atoms with E-state index < -0.39 is 32.5 Å². The number of carbonyl (C=O) groups is 2. The van der Waals surface area contributed by atoms with Gasteiger partial charge in [-0.05, 0) is 63.5 Å². The van der Waals surface area contributed by atoms with Crippen molar-refractivity contribution < 1.29 is 32.0 Å². The maximum atomic E-state index is 13.0. The number of rotatable bonds is 31. The van der Waals surface area contributed by atoms with Gasteiger partial charge in [-0.3, -0.25) is 4.55 Å². The van der Waals surface area contributed by atoms with Crippen LogP contribution < -0.4 is 0 Å². The number of hydrogen-bond donors (Lipinski definition) is 1. The molecule has 0 saturated carbocycles. The summed E-state index contributed by atoms with van der Waals surface area (Å²) in [7, 11) is -4.76. The van der Waals surface area contributed by atoms with Crippen LogP contribution in [0.15, 0.2) is 47.4 Å². The number of hydrogen-bond acceptors (Lipinski definition) is 6. The van der Waals surface area contributed by atoms with Crippen LogP contribution in [0.1, 0.15) is 189 Å². The van der Waals surface area contributed by atoms with Gasteiger partial charge in [0.25, 0.3) is 10.1 Å². The van der Waals surface area contributed by atoms with E-state index in [0.717, 1.165) is 51.0 Å². The normalized spacial score (nSPS) is 11.9. The molecule has 0 aromatic heterocycles. The van der Waals surface area contributed by atoms with Crippen LogP contribution in [0.25, 0.3) is 0 Å². The van der Waals surface area contributed by atoms with Gasteiger partial charge in [0.05, 0.1) is 24.3 Å². The number of carbonyl (C=O) groups excluding carboxylic acids is 2. The van der Waals surface area contributed by atoms with E-state index in [4.69, 9.17) is 9.47 Å². The van der Waals surface area contributed by atoms with Crippen molar-refractivity contribution in [3.63, 3.8) is 0 Å². The minimum atomic E-state index is -4.76. The van der Waals surface area contributed by atoms with E-state index in [1.807, 2.05) is 0 Å². The average Bonchev–Trinajstić information content (AvgIpc) is 3.07. The van der Waals surface area contributed by atoms with Crippen molar-refractivity contribution in [3.05, 3.63) is 53.6 Å². The third-order valence-electron chi connectivity index (χ3n) is 8.51. The maximum absolute atomic E-state index is 13.0. The molecule has 0 atom stereocenters. The molecule has 8 heteroatoms. The highest BCUT2D eigenvalue weighted by Crippen LogP contribution is 2.23. The number of benzene rings is 1. The zero-order valence-corrected chi connectivity index (χ0v) is 31.0. The second-order valence-electron chi connectivity index (χ2n) is 12.9. The van der Waals surface area contributed by atoms with Gasteiger partial charge in [-0.1, -0.05) is 147 Å². The van der Waals surface area contributed by atoms with E-state index in [2.05, 4.69) is 38.2 Å². The molecule has 0 fully saturated rings. The van der Waals surface area contributed by atoms with Crippen LogP contribution in [0.5, 0.6) is 0 Å². The zero-order valence-electron chi connectivity index (χ0n) is 30.2. The molecule has 0 aliphatic heterocycles. The minimum Gasteiger partial charge on any atom is -0.462 e. The fraction of sp³-hybridized carbons (Fsp3) is 0.700. The third-order valence-corrected chi connectivity index (χ3v) is 9.40. The molecule has 48 heavy (non-hydrogen) atoms. The van der Waals surface area contributed by atoms with E-state index in [0.29, 0.717) is 12.8 Å². The predicted molar refractivity (Wildman–Crippen MR) is 197 cm³/mol. The van der Waals surface area contributed by atoms with Crippen LogP contribution in [0.3, 0.4) is 0 Å². The Labute approximate surface area is 293 Å². The molecule has 0 heterocycles. The standard InChI is InChI=1S/C40H66O7S/c1-3-5-7-9-11-13-15-17-19-21-23-25-27-29-34-46-39(41)36-32-31-33-37(48(43,44)45)38(36)40(42)47-35-30-28-26-24-22-20-18-16-14-12-10-8-6-4-2/h9-12,31-33H,3-8,13-30,34-35H2,1-2H3,(H,43,44,45)/b11-9+,12-10+.